The summed E-state index contributed by atoms with van der Waals surface area (Å²) >= 11 is 6.01. The van der Waals surface area contributed by atoms with Crippen molar-refractivity contribution >= 4 is 35.7 Å². The predicted molar refractivity (Wildman–Crippen MR) is 176 cm³/mol. The fourth-order valence-electron chi connectivity index (χ4n) is 5.86. The summed E-state index contributed by atoms with van der Waals surface area (Å²) in [5.41, 5.74) is 0.127. The maximum Gasteiger partial charge on any atom is 0.261 e. The van der Waals surface area contributed by atoms with E-state index in [2.05, 4.69) is 0 Å². The third kappa shape index (κ3) is 7.11. The largest absolute Gasteiger partial charge is 0.490 e. The van der Waals surface area contributed by atoms with Crippen LogP contribution < -0.4 is 4.74 Å². The predicted octanol–water partition coefficient (Wildman–Crippen LogP) is 8.76. The number of carbonyl (C=O) groups is 1. The van der Waals surface area contributed by atoms with Crippen molar-refractivity contribution in [2.75, 3.05) is 19.7 Å². The van der Waals surface area contributed by atoms with E-state index in [0.717, 1.165) is 24.5 Å². The van der Waals surface area contributed by atoms with Gasteiger partial charge in [-0.3, -0.25) is 13.7 Å². The molecule has 0 bridgehead atoms. The van der Waals surface area contributed by atoms with E-state index in [1.54, 1.807) is 12.1 Å². The van der Waals surface area contributed by atoms with Crippen LogP contribution in [0.25, 0.3) is 0 Å². The van der Waals surface area contributed by atoms with Crippen LogP contribution >= 0.6 is 11.6 Å². The normalized spacial score (nSPS) is 20.5. The van der Waals surface area contributed by atoms with Gasteiger partial charge in [0.15, 0.2) is 8.24 Å². The first-order chi connectivity index (χ1) is 20.8. The second-order valence-corrected chi connectivity index (χ2v) is 22.7. The zero-order valence-corrected chi connectivity index (χ0v) is 29.6. The van der Waals surface area contributed by atoms with E-state index in [0.29, 0.717) is 43.6 Å². The number of aryl methyl sites for hydroxylation is 1. The number of halogens is 4. The molecule has 2 aromatic carbocycles. The average Bonchev–Trinajstić information content (AvgIpc) is 3.84. The molecule has 1 amide bonds. The van der Waals surface area contributed by atoms with E-state index in [9.17, 15) is 13.4 Å². The standard InChI is InChI=1S/C33H45ClF3N3O3SSi/c1-21-15-23(30(36)27(34)16-21)19-39-13-11-33(37,12-14-39)20-43-29-18-28(35)26(17-25(29)22-7-8-22)31(41)40(44(38,42)24-9-10-24)45(5,6)32(2,3)4/h15-18,22,24,38H,7-14,19-20H2,1-6H3. The number of nitrogens with zero attached hydrogens (tertiary/aromatic N) is 2. The fourth-order valence-corrected chi connectivity index (χ4v) is 12.8. The number of ether oxygens (including phenoxy) is 1. The molecule has 5 rings (SSSR count). The summed E-state index contributed by atoms with van der Waals surface area (Å²) in [7, 11) is -6.31. The molecule has 3 fully saturated rings. The molecule has 2 saturated carbocycles. The molecule has 1 aliphatic heterocycles. The van der Waals surface area contributed by atoms with Gasteiger partial charge in [0.1, 0.15) is 39.6 Å². The van der Waals surface area contributed by atoms with Crippen molar-refractivity contribution in [2.45, 2.75) is 108 Å². The first-order valence-corrected chi connectivity index (χ1v) is 20.7. The Morgan fingerprint density at radius 2 is 1.76 bits per heavy atom. The highest BCUT2D eigenvalue weighted by Crippen LogP contribution is 2.47. The van der Waals surface area contributed by atoms with Crippen LogP contribution in [0.2, 0.25) is 23.2 Å². The van der Waals surface area contributed by atoms with Crippen LogP contribution in [0.5, 0.6) is 5.75 Å². The van der Waals surface area contributed by atoms with Gasteiger partial charge < -0.3 is 4.74 Å². The van der Waals surface area contributed by atoms with E-state index < -0.39 is 51.6 Å². The van der Waals surface area contributed by atoms with E-state index >= 15 is 8.78 Å². The number of piperidine rings is 1. The molecule has 1 saturated heterocycles. The van der Waals surface area contributed by atoms with Gasteiger partial charge in [-0.15, -0.1) is 0 Å². The summed E-state index contributed by atoms with van der Waals surface area (Å²) in [6.45, 7) is 12.5. The van der Waals surface area contributed by atoms with Crippen molar-refractivity contribution in [1.29, 1.82) is 4.78 Å². The maximum atomic E-state index is 15.9. The molecule has 2 aliphatic carbocycles. The van der Waals surface area contributed by atoms with Crippen molar-refractivity contribution in [3.63, 3.8) is 0 Å². The lowest BCUT2D eigenvalue weighted by molar-refractivity contribution is 0.0146. The highest BCUT2D eigenvalue weighted by atomic mass is 35.5. The molecule has 2 aromatic rings. The van der Waals surface area contributed by atoms with Gasteiger partial charge in [0, 0.05) is 31.3 Å². The molecule has 248 valence electrons. The van der Waals surface area contributed by atoms with E-state index in [1.165, 1.54) is 10.0 Å². The highest BCUT2D eigenvalue weighted by Gasteiger charge is 2.52. The highest BCUT2D eigenvalue weighted by molar-refractivity contribution is 7.93. The number of hydrogen-bond donors (Lipinski definition) is 1. The average molecular weight is 684 g/mol. The Kier molecular flexibility index (Phi) is 9.27. The van der Waals surface area contributed by atoms with Gasteiger partial charge in [-0.1, -0.05) is 51.5 Å². The minimum atomic E-state index is -3.46. The summed E-state index contributed by atoms with van der Waals surface area (Å²) in [6.07, 6.45) is 3.26. The first-order valence-electron chi connectivity index (χ1n) is 15.8. The minimum Gasteiger partial charge on any atom is -0.490 e. The molecule has 0 spiro atoms. The van der Waals surface area contributed by atoms with Gasteiger partial charge in [-0.05, 0) is 79.7 Å². The number of benzene rings is 2. The zero-order chi connectivity index (χ0) is 33.1. The van der Waals surface area contributed by atoms with E-state index in [-0.39, 0.29) is 41.7 Å². The van der Waals surface area contributed by atoms with Gasteiger partial charge in [-0.25, -0.2) is 22.2 Å². The second kappa shape index (κ2) is 12.2. The van der Waals surface area contributed by atoms with Crippen molar-refractivity contribution in [1.82, 2.24) is 8.87 Å². The van der Waals surface area contributed by atoms with Crippen LogP contribution in [0.3, 0.4) is 0 Å². The van der Waals surface area contributed by atoms with Crippen molar-refractivity contribution < 1.29 is 26.9 Å². The molecule has 3 aliphatic rings. The van der Waals surface area contributed by atoms with Gasteiger partial charge >= 0.3 is 0 Å². The number of nitrogens with one attached hydrogen (secondary N) is 1. The Morgan fingerprint density at radius 3 is 2.31 bits per heavy atom. The Morgan fingerprint density at radius 1 is 1.13 bits per heavy atom. The lowest BCUT2D eigenvalue weighted by atomic mass is 9.93. The van der Waals surface area contributed by atoms with Crippen molar-refractivity contribution in [2.24, 2.45) is 0 Å². The summed E-state index contributed by atoms with van der Waals surface area (Å²) < 4.78 is 76.2. The monoisotopic (exact) mass is 683 g/mol. The Hall–Kier alpha value is -2.08. The van der Waals surface area contributed by atoms with Gasteiger partial charge in [0.25, 0.3) is 5.91 Å². The number of rotatable bonds is 10. The lowest BCUT2D eigenvalue weighted by Gasteiger charge is -2.46. The quantitative estimate of drug-likeness (QED) is 0.254. The van der Waals surface area contributed by atoms with Gasteiger partial charge in [0.05, 0.1) is 15.8 Å². The smallest absolute Gasteiger partial charge is 0.261 e. The maximum absolute atomic E-state index is 15.9. The first kappa shape index (κ1) is 34.3. The van der Waals surface area contributed by atoms with Crippen LogP contribution in [0.15, 0.2) is 24.3 Å². The fraction of sp³-hybridized carbons (Fsp3) is 0.606. The van der Waals surface area contributed by atoms with Crippen LogP contribution in [0, 0.1) is 23.3 Å². The third-order valence-corrected chi connectivity index (χ3v) is 19.4. The van der Waals surface area contributed by atoms with Gasteiger partial charge in [0.2, 0.25) is 0 Å². The zero-order valence-electron chi connectivity index (χ0n) is 27.1. The SMILES string of the molecule is Cc1cc(Cl)c(F)c(CN2CCC(F)(COc3cc(F)c(C(=O)N([Si](C)(C)C(C)(C)C)S(=N)(=O)C4CC4)cc3C3CC3)CC2)c1. The lowest BCUT2D eigenvalue weighted by Crippen LogP contribution is -2.60. The van der Waals surface area contributed by atoms with E-state index in [1.807, 2.05) is 45.7 Å². The van der Waals surface area contributed by atoms with Crippen LogP contribution in [0.4, 0.5) is 13.2 Å². The number of likely N-dealkylation sites (tertiary alicyclic amines) is 1. The molecule has 1 heterocycles. The van der Waals surface area contributed by atoms with Gasteiger partial charge in [-0.2, -0.15) is 0 Å². The molecule has 12 heteroatoms. The molecule has 6 nitrogen and oxygen atoms in total. The summed E-state index contributed by atoms with van der Waals surface area (Å²) in [5, 5.41) is -0.734. The third-order valence-electron chi connectivity index (χ3n) is 10.0. The van der Waals surface area contributed by atoms with Crippen LogP contribution in [-0.2, 0) is 16.5 Å². The number of hydrogen-bond acceptors (Lipinski definition) is 5. The molecule has 1 N–H and O–H groups in total. The Labute approximate surface area is 271 Å². The number of alkyl halides is 1. The van der Waals surface area contributed by atoms with Crippen molar-refractivity contribution in [3.05, 3.63) is 63.2 Å². The molecular formula is C33H45ClF3N3O3SSi. The Balaban J connectivity index is 1.33. The molecule has 1 atom stereocenters. The summed E-state index contributed by atoms with van der Waals surface area (Å²) in [5.74, 6) is -1.71. The van der Waals surface area contributed by atoms with Crippen molar-refractivity contribution in [3.8, 4) is 5.75 Å². The molecule has 45 heavy (non-hydrogen) atoms. The topological polar surface area (TPSA) is 73.7 Å². The van der Waals surface area contributed by atoms with E-state index in [4.69, 9.17) is 21.1 Å². The molecular weight excluding hydrogens is 639 g/mol. The summed E-state index contributed by atoms with van der Waals surface area (Å²) in [4.78, 5) is 16.1. The Bertz CT molecular complexity index is 1580. The van der Waals surface area contributed by atoms with Crippen LogP contribution in [0.1, 0.15) is 92.3 Å². The molecule has 1 unspecified atom stereocenters. The second-order valence-electron chi connectivity index (χ2n) is 14.8. The van der Waals surface area contributed by atoms with Crippen LogP contribution in [-0.4, -0.2) is 57.8 Å². The minimum absolute atomic E-state index is 0.0609. The molecule has 0 aromatic heterocycles. The molecule has 0 radical (unpaired) electrons. The summed E-state index contributed by atoms with van der Waals surface area (Å²) in [6, 6.07) is 5.98. The number of carbonyl (C=O) groups excluding carboxylic acids is 1. The number of amides is 1.